The fraction of sp³-hybridized carbons (Fsp3) is 0. The Morgan fingerprint density at radius 2 is 0.571 bits per heavy atom. The molecule has 7 heavy (non-hydrogen) atoms. The molecule has 0 spiro atoms. The van der Waals surface area contributed by atoms with E-state index >= 15 is 0 Å². The van der Waals surface area contributed by atoms with Crippen molar-refractivity contribution in [3.8, 4) is 0 Å². The van der Waals surface area contributed by atoms with Gasteiger partial charge in [-0.1, -0.05) is 0 Å². The summed E-state index contributed by atoms with van der Waals surface area (Å²) in [5.74, 6) is 0. The molecule has 0 amide bonds. The summed E-state index contributed by atoms with van der Waals surface area (Å²) < 4.78 is 44.5. The van der Waals surface area contributed by atoms with Gasteiger partial charge in [0.15, 0.2) is 0 Å². The van der Waals surface area contributed by atoms with E-state index in [1.165, 1.54) is 0 Å². The van der Waals surface area contributed by atoms with E-state index in [0.29, 0.717) is 0 Å². The van der Waals surface area contributed by atoms with Gasteiger partial charge in [0, 0.05) is 0 Å². The van der Waals surface area contributed by atoms with Crippen LogP contribution in [0.25, 0.3) is 0 Å². The van der Waals surface area contributed by atoms with Gasteiger partial charge in [0.25, 0.3) is 0 Å². The summed E-state index contributed by atoms with van der Waals surface area (Å²) in [4.78, 5) is 0. The number of rotatable bonds is 0. The molecule has 7 heteroatoms. The average Bonchev–Trinajstić information content (AvgIpc) is 0.592. The van der Waals surface area contributed by atoms with Crippen molar-refractivity contribution in [2.45, 2.75) is 0 Å². The molecule has 0 aromatic rings. The van der Waals surface area contributed by atoms with Gasteiger partial charge >= 0.3 is 38.8 Å². The predicted octanol–water partition coefficient (Wildman–Crippen LogP) is -6.34. The van der Waals surface area contributed by atoms with Gasteiger partial charge in [-0.3, -0.25) is 0 Å². The van der Waals surface area contributed by atoms with Crippen LogP contribution in [0.5, 0.6) is 0 Å². The standard InChI is InChI=1S/H6IO6/c2-1(3,4,5,6)7/h2-7H/q+1. The molecule has 0 bridgehead atoms. The first kappa shape index (κ1) is 7.49. The van der Waals surface area contributed by atoms with Crippen molar-refractivity contribution in [2.75, 3.05) is 0 Å². The van der Waals surface area contributed by atoms with Crippen LogP contribution in [-0.4, -0.2) is 20.6 Å². The third kappa shape index (κ3) is 545. The molecule has 0 rings (SSSR count). The van der Waals surface area contributed by atoms with E-state index in [1.54, 1.807) is 0 Å². The summed E-state index contributed by atoms with van der Waals surface area (Å²) >= 11 is -8.12. The summed E-state index contributed by atoms with van der Waals surface area (Å²) in [6.45, 7) is 0. The average molecular weight is 229 g/mol. The minimum absolute atomic E-state index is 7.41. The molecule has 0 saturated heterocycles. The van der Waals surface area contributed by atoms with Gasteiger partial charge in [-0.05, 0) is 0 Å². The van der Waals surface area contributed by atoms with E-state index < -0.39 is 18.2 Å². The Kier molecular flexibility index (Phi) is 0.872. The molecule has 0 aromatic carbocycles. The zero-order valence-corrected chi connectivity index (χ0v) is 5.22. The van der Waals surface area contributed by atoms with Crippen LogP contribution in [0.4, 0.5) is 0 Å². The molecule has 0 atom stereocenters. The maximum absolute atomic E-state index is 8.12. The van der Waals surface area contributed by atoms with Gasteiger partial charge in [-0.2, -0.15) is 0 Å². The number of hydrogen-bond donors (Lipinski definition) is 6. The molecule has 0 aliphatic rings. The fourth-order valence-corrected chi connectivity index (χ4v) is 0. The zero-order chi connectivity index (χ0) is 6.41. The second-order valence-electron chi connectivity index (χ2n) is 1.13. The number of hydrogen-bond acceptors (Lipinski definition) is 6. The Morgan fingerprint density at radius 3 is 0.571 bits per heavy atom. The quantitative estimate of drug-likeness (QED) is 0.230. The summed E-state index contributed by atoms with van der Waals surface area (Å²) in [5.41, 5.74) is 0. The topological polar surface area (TPSA) is 121 Å². The van der Waals surface area contributed by atoms with Crippen molar-refractivity contribution in [2.24, 2.45) is 0 Å². The minimum atomic E-state index is -8.12. The van der Waals surface area contributed by atoms with Gasteiger partial charge in [-0.15, -0.1) is 0 Å². The Hall–Kier alpha value is 0.490. The van der Waals surface area contributed by atoms with Crippen LogP contribution in [0.2, 0.25) is 0 Å². The third-order valence-electron chi connectivity index (χ3n) is 0. The SMILES string of the molecule is O[I+](O)(O)(O)(O)O. The maximum atomic E-state index is 7.41. The van der Waals surface area contributed by atoms with E-state index in [-0.39, 0.29) is 0 Å². The fourth-order valence-electron chi connectivity index (χ4n) is 0. The molecule has 0 aliphatic heterocycles. The van der Waals surface area contributed by atoms with E-state index in [4.69, 9.17) is 20.6 Å². The van der Waals surface area contributed by atoms with E-state index in [0.717, 1.165) is 0 Å². The van der Waals surface area contributed by atoms with E-state index in [1.807, 2.05) is 0 Å². The zero-order valence-electron chi connectivity index (χ0n) is 3.06. The Bertz CT molecular complexity index is 62.7. The molecule has 6 N–H and O–H groups in total. The molecule has 0 radical (unpaired) electrons. The second kappa shape index (κ2) is 0.815. The molecule has 6 nitrogen and oxygen atoms in total. The van der Waals surface area contributed by atoms with Crippen LogP contribution in [0.1, 0.15) is 0 Å². The van der Waals surface area contributed by atoms with Crippen LogP contribution in [0.3, 0.4) is 0 Å². The van der Waals surface area contributed by atoms with Gasteiger partial charge in [0.1, 0.15) is 0 Å². The van der Waals surface area contributed by atoms with Gasteiger partial charge in [0.05, 0.1) is 0 Å². The van der Waals surface area contributed by atoms with Crippen LogP contribution in [0.15, 0.2) is 0 Å². The van der Waals surface area contributed by atoms with Crippen LogP contribution in [0, 0.1) is 0 Å². The molecule has 0 unspecified atom stereocenters. The van der Waals surface area contributed by atoms with Crippen LogP contribution >= 0.6 is 0 Å². The first-order valence-electron chi connectivity index (χ1n) is 1.01. The number of halogens is 1. The van der Waals surface area contributed by atoms with E-state index in [2.05, 4.69) is 0 Å². The van der Waals surface area contributed by atoms with Crippen molar-refractivity contribution >= 4 is 0 Å². The van der Waals surface area contributed by atoms with Crippen molar-refractivity contribution < 1.29 is 38.8 Å². The molecule has 0 saturated carbocycles. The molecule has 0 aliphatic carbocycles. The van der Waals surface area contributed by atoms with Gasteiger partial charge < -0.3 is 0 Å². The Balaban J connectivity index is 4.43. The summed E-state index contributed by atoms with van der Waals surface area (Å²) in [7, 11) is 0. The van der Waals surface area contributed by atoms with Crippen molar-refractivity contribution in [3.63, 3.8) is 0 Å². The molecule has 0 aromatic heterocycles. The monoisotopic (exact) mass is 229 g/mol. The van der Waals surface area contributed by atoms with Crippen LogP contribution in [-0.2, 0) is 0 Å². The van der Waals surface area contributed by atoms with Crippen molar-refractivity contribution in [1.82, 2.24) is 0 Å². The van der Waals surface area contributed by atoms with Gasteiger partial charge in [0.2, 0.25) is 0 Å². The summed E-state index contributed by atoms with van der Waals surface area (Å²) in [6.07, 6.45) is 0. The summed E-state index contributed by atoms with van der Waals surface area (Å²) in [6, 6.07) is 0. The van der Waals surface area contributed by atoms with Crippen molar-refractivity contribution in [3.05, 3.63) is 0 Å². The molecule has 0 fully saturated rings. The molecule has 48 valence electrons. The molecular weight excluding hydrogens is 223 g/mol. The van der Waals surface area contributed by atoms with Crippen LogP contribution < -0.4 is 18.2 Å². The Labute approximate surface area is 39.3 Å². The second-order valence-corrected chi connectivity index (χ2v) is 7.61. The molecular formula is H6IO6+. The first-order valence-corrected chi connectivity index (χ1v) is 6.80. The normalized spacial score (nSPS) is 23.1. The predicted molar refractivity (Wildman–Crippen MR) is 13.3 cm³/mol. The third-order valence-corrected chi connectivity index (χ3v) is 0. The Morgan fingerprint density at radius 1 is 0.571 bits per heavy atom. The summed E-state index contributed by atoms with van der Waals surface area (Å²) in [5, 5.41) is 0. The van der Waals surface area contributed by atoms with Crippen molar-refractivity contribution in [1.29, 1.82) is 0 Å². The van der Waals surface area contributed by atoms with Gasteiger partial charge in [-0.25, -0.2) is 0 Å². The molecule has 0 heterocycles. The van der Waals surface area contributed by atoms with E-state index in [9.17, 15) is 0 Å². The first-order chi connectivity index (χ1) is 2.45.